The third-order valence-electron chi connectivity index (χ3n) is 4.05. The molecule has 2 aliphatic heterocycles. The molecule has 1 aromatic carbocycles. The molecule has 2 heterocycles. The van der Waals surface area contributed by atoms with E-state index >= 15 is 0 Å². The number of rotatable bonds is 3. The first-order chi connectivity index (χ1) is 11.5. The van der Waals surface area contributed by atoms with Crippen LogP contribution in [-0.2, 0) is 9.59 Å². The van der Waals surface area contributed by atoms with E-state index in [9.17, 15) is 19.2 Å². The van der Waals surface area contributed by atoms with Crippen molar-refractivity contribution in [2.24, 2.45) is 0 Å². The fourth-order valence-electron chi connectivity index (χ4n) is 2.94. The summed E-state index contributed by atoms with van der Waals surface area (Å²) in [6.45, 7) is 2.30. The molecule has 0 radical (unpaired) electrons. The first-order valence-corrected chi connectivity index (χ1v) is 8.60. The molecule has 4 amide bonds. The molecule has 0 spiro atoms. The molecule has 7 nitrogen and oxygen atoms in total. The van der Waals surface area contributed by atoms with Gasteiger partial charge in [0.05, 0.1) is 11.8 Å². The van der Waals surface area contributed by atoms with Gasteiger partial charge in [-0.05, 0) is 30.7 Å². The topological polar surface area (TPSA) is 86.8 Å². The number of thioether (sulfide) groups is 1. The van der Waals surface area contributed by atoms with Gasteiger partial charge in [0, 0.05) is 31.3 Å². The standard InChI is InChI=1S/C16H17N3O4S/c1-10(20)17-12-4-2-11(3-5-12)15(22)18-7-6-13(8-18)19-14(21)9-24-16(19)23/h2-5,13H,6-9H2,1H3,(H,17,20). The predicted molar refractivity (Wildman–Crippen MR) is 89.8 cm³/mol. The molecule has 126 valence electrons. The minimum Gasteiger partial charge on any atom is -0.336 e. The number of likely N-dealkylation sites (tertiary alicyclic amines) is 1. The lowest BCUT2D eigenvalue weighted by Crippen LogP contribution is -2.41. The molecule has 1 aromatic rings. The van der Waals surface area contributed by atoms with Gasteiger partial charge in [0.25, 0.3) is 11.1 Å². The Labute approximate surface area is 143 Å². The van der Waals surface area contributed by atoms with Gasteiger partial charge in [0.15, 0.2) is 0 Å². The van der Waals surface area contributed by atoms with Crippen molar-refractivity contribution < 1.29 is 19.2 Å². The average molecular weight is 347 g/mol. The molecule has 1 unspecified atom stereocenters. The van der Waals surface area contributed by atoms with Gasteiger partial charge >= 0.3 is 0 Å². The summed E-state index contributed by atoms with van der Waals surface area (Å²) in [7, 11) is 0. The Morgan fingerprint density at radius 2 is 1.92 bits per heavy atom. The van der Waals surface area contributed by atoms with E-state index in [0.717, 1.165) is 11.8 Å². The second-order valence-electron chi connectivity index (χ2n) is 5.77. The fraction of sp³-hybridized carbons (Fsp3) is 0.375. The Balaban J connectivity index is 1.65. The quantitative estimate of drug-likeness (QED) is 0.896. The lowest BCUT2D eigenvalue weighted by Gasteiger charge is -2.22. The van der Waals surface area contributed by atoms with Gasteiger partial charge in [-0.1, -0.05) is 11.8 Å². The third-order valence-corrected chi connectivity index (χ3v) is 4.89. The summed E-state index contributed by atoms with van der Waals surface area (Å²) in [5, 5.41) is 2.42. The van der Waals surface area contributed by atoms with Crippen LogP contribution in [0.3, 0.4) is 0 Å². The number of hydrogen-bond donors (Lipinski definition) is 1. The number of carbonyl (C=O) groups is 4. The summed E-state index contributed by atoms with van der Waals surface area (Å²) in [5.74, 6) is -0.301. The summed E-state index contributed by atoms with van der Waals surface area (Å²) in [5.41, 5.74) is 1.14. The summed E-state index contributed by atoms with van der Waals surface area (Å²) in [6.07, 6.45) is 0.605. The van der Waals surface area contributed by atoms with Crippen LogP contribution in [-0.4, -0.2) is 57.6 Å². The van der Waals surface area contributed by atoms with Crippen molar-refractivity contribution in [3.05, 3.63) is 29.8 Å². The van der Waals surface area contributed by atoms with Crippen molar-refractivity contribution in [1.29, 1.82) is 0 Å². The molecule has 1 atom stereocenters. The van der Waals surface area contributed by atoms with Crippen LogP contribution >= 0.6 is 11.8 Å². The molecular formula is C16H17N3O4S. The Morgan fingerprint density at radius 3 is 2.50 bits per heavy atom. The van der Waals surface area contributed by atoms with Crippen molar-refractivity contribution in [2.75, 3.05) is 24.2 Å². The zero-order valence-electron chi connectivity index (χ0n) is 13.2. The molecule has 1 N–H and O–H groups in total. The minimum atomic E-state index is -0.234. The molecule has 3 rings (SSSR count). The maximum Gasteiger partial charge on any atom is 0.289 e. The van der Waals surface area contributed by atoms with E-state index in [2.05, 4.69) is 5.32 Å². The highest BCUT2D eigenvalue weighted by Gasteiger charge is 2.40. The van der Waals surface area contributed by atoms with E-state index in [1.54, 1.807) is 29.2 Å². The minimum absolute atomic E-state index is 0.140. The maximum absolute atomic E-state index is 12.5. The molecule has 0 saturated carbocycles. The largest absolute Gasteiger partial charge is 0.336 e. The van der Waals surface area contributed by atoms with Crippen LogP contribution in [0, 0.1) is 0 Å². The van der Waals surface area contributed by atoms with E-state index in [4.69, 9.17) is 0 Å². The van der Waals surface area contributed by atoms with Crippen molar-refractivity contribution in [2.45, 2.75) is 19.4 Å². The summed E-state index contributed by atoms with van der Waals surface area (Å²) in [6, 6.07) is 6.42. The molecule has 0 aromatic heterocycles. The SMILES string of the molecule is CC(=O)Nc1ccc(C(=O)N2CCC(N3C(=O)CSC3=O)C2)cc1. The normalized spacial score (nSPS) is 20.6. The molecule has 24 heavy (non-hydrogen) atoms. The predicted octanol–water partition coefficient (Wildman–Crippen LogP) is 1.55. The Bertz CT molecular complexity index is 688. The van der Waals surface area contributed by atoms with Crippen molar-refractivity contribution in [3.63, 3.8) is 0 Å². The van der Waals surface area contributed by atoms with Crippen molar-refractivity contribution >= 4 is 40.4 Å². The van der Waals surface area contributed by atoms with Crippen LogP contribution < -0.4 is 5.32 Å². The number of benzene rings is 1. The van der Waals surface area contributed by atoms with Crippen LogP contribution in [0.2, 0.25) is 0 Å². The first kappa shape index (κ1) is 16.5. The number of imide groups is 1. The van der Waals surface area contributed by atoms with Gasteiger partial charge < -0.3 is 10.2 Å². The third kappa shape index (κ3) is 3.28. The Kier molecular flexibility index (Phi) is 4.57. The summed E-state index contributed by atoms with van der Waals surface area (Å²) >= 11 is 1.01. The molecule has 2 aliphatic rings. The van der Waals surface area contributed by atoms with E-state index in [1.807, 2.05) is 0 Å². The summed E-state index contributed by atoms with van der Waals surface area (Å²) < 4.78 is 0. The second kappa shape index (κ2) is 6.64. The van der Waals surface area contributed by atoms with Crippen molar-refractivity contribution in [1.82, 2.24) is 9.80 Å². The number of carbonyl (C=O) groups excluding carboxylic acids is 4. The van der Waals surface area contributed by atoms with Crippen molar-refractivity contribution in [3.8, 4) is 0 Å². The van der Waals surface area contributed by atoms with Crippen LogP contribution in [0.25, 0.3) is 0 Å². The molecule has 8 heteroatoms. The van der Waals surface area contributed by atoms with Gasteiger partial charge in [0.1, 0.15) is 0 Å². The van der Waals surface area contributed by atoms with Gasteiger partial charge in [0.2, 0.25) is 11.8 Å². The number of anilines is 1. The van der Waals surface area contributed by atoms with E-state index in [-0.39, 0.29) is 34.8 Å². The molecule has 0 bridgehead atoms. The van der Waals surface area contributed by atoms with Crippen LogP contribution in [0.15, 0.2) is 24.3 Å². The molecule has 2 saturated heterocycles. The molecule has 2 fully saturated rings. The number of amides is 4. The lowest BCUT2D eigenvalue weighted by atomic mass is 10.2. The monoisotopic (exact) mass is 347 g/mol. The maximum atomic E-state index is 12.5. The number of hydrogen-bond acceptors (Lipinski definition) is 5. The van der Waals surface area contributed by atoms with Crippen LogP contribution in [0.5, 0.6) is 0 Å². The highest BCUT2D eigenvalue weighted by molar-refractivity contribution is 8.14. The van der Waals surface area contributed by atoms with Crippen LogP contribution in [0.1, 0.15) is 23.7 Å². The fourth-order valence-corrected chi connectivity index (χ4v) is 3.71. The zero-order chi connectivity index (χ0) is 17.3. The molecule has 0 aliphatic carbocycles. The highest BCUT2D eigenvalue weighted by Crippen LogP contribution is 2.27. The van der Waals surface area contributed by atoms with Gasteiger partial charge in [-0.3, -0.25) is 24.1 Å². The summed E-state index contributed by atoms with van der Waals surface area (Å²) in [4.78, 5) is 50.1. The zero-order valence-corrected chi connectivity index (χ0v) is 14.0. The van der Waals surface area contributed by atoms with Crippen LogP contribution in [0.4, 0.5) is 10.5 Å². The number of nitrogens with one attached hydrogen (secondary N) is 1. The van der Waals surface area contributed by atoms with E-state index in [1.165, 1.54) is 11.8 Å². The van der Waals surface area contributed by atoms with Gasteiger partial charge in [-0.25, -0.2) is 0 Å². The Morgan fingerprint density at radius 1 is 1.21 bits per heavy atom. The lowest BCUT2D eigenvalue weighted by molar-refractivity contribution is -0.126. The Hall–Kier alpha value is -2.35. The van der Waals surface area contributed by atoms with E-state index in [0.29, 0.717) is 30.8 Å². The average Bonchev–Trinajstić information content (AvgIpc) is 3.13. The van der Waals surface area contributed by atoms with Gasteiger partial charge in [-0.2, -0.15) is 0 Å². The first-order valence-electron chi connectivity index (χ1n) is 7.61. The van der Waals surface area contributed by atoms with Gasteiger partial charge in [-0.15, -0.1) is 0 Å². The molecular weight excluding hydrogens is 330 g/mol. The van der Waals surface area contributed by atoms with E-state index < -0.39 is 0 Å². The number of nitrogens with zero attached hydrogens (tertiary/aromatic N) is 2. The second-order valence-corrected chi connectivity index (χ2v) is 6.70. The smallest absolute Gasteiger partial charge is 0.289 e. The highest BCUT2D eigenvalue weighted by atomic mass is 32.2.